The van der Waals surface area contributed by atoms with Gasteiger partial charge in [0.1, 0.15) is 11.6 Å². The molecule has 0 heterocycles. The van der Waals surface area contributed by atoms with Gasteiger partial charge in [-0.3, -0.25) is 0 Å². The maximum absolute atomic E-state index is 13.1. The quantitative estimate of drug-likeness (QED) is 0.640. The Morgan fingerprint density at radius 1 is 1.00 bits per heavy atom. The summed E-state index contributed by atoms with van der Waals surface area (Å²) in [4.78, 5) is 23.5. The molecular formula is C16H13FO4. The lowest BCUT2D eigenvalue weighted by Gasteiger charge is -2.06. The summed E-state index contributed by atoms with van der Waals surface area (Å²) < 4.78 is 23.0. The second-order valence-corrected chi connectivity index (χ2v) is 4.15. The third-order valence-corrected chi connectivity index (χ3v) is 2.62. The first kappa shape index (κ1) is 14.7. The summed E-state index contributed by atoms with van der Waals surface area (Å²) in [5.74, 6) is -1.53. The third kappa shape index (κ3) is 3.89. The van der Waals surface area contributed by atoms with Crippen molar-refractivity contribution in [2.24, 2.45) is 0 Å². The van der Waals surface area contributed by atoms with Crippen LogP contribution >= 0.6 is 0 Å². The fourth-order valence-electron chi connectivity index (χ4n) is 1.68. The van der Waals surface area contributed by atoms with Crippen molar-refractivity contribution in [2.45, 2.75) is 6.92 Å². The zero-order valence-corrected chi connectivity index (χ0v) is 11.3. The molecule has 0 fully saturated rings. The Morgan fingerprint density at radius 3 is 2.33 bits per heavy atom. The smallest absolute Gasteiger partial charge is 0.343 e. The number of benzene rings is 2. The summed E-state index contributed by atoms with van der Waals surface area (Å²) >= 11 is 0. The van der Waals surface area contributed by atoms with E-state index in [9.17, 15) is 14.0 Å². The summed E-state index contributed by atoms with van der Waals surface area (Å²) in [5.41, 5.74) is 0.373. The molecule has 4 nitrogen and oxygen atoms in total. The average Bonchev–Trinajstić information content (AvgIpc) is 2.48. The minimum atomic E-state index is -0.699. The molecule has 0 unspecified atom stereocenters. The number of ether oxygens (including phenoxy) is 2. The highest BCUT2D eigenvalue weighted by atomic mass is 19.1. The van der Waals surface area contributed by atoms with Crippen LogP contribution in [-0.2, 0) is 4.74 Å². The molecule has 0 bridgehead atoms. The topological polar surface area (TPSA) is 52.6 Å². The van der Waals surface area contributed by atoms with Crippen molar-refractivity contribution in [3.05, 3.63) is 65.5 Å². The highest BCUT2D eigenvalue weighted by Crippen LogP contribution is 2.16. The van der Waals surface area contributed by atoms with Crippen LogP contribution in [0, 0.1) is 5.82 Å². The number of esters is 2. The molecule has 0 saturated heterocycles. The van der Waals surface area contributed by atoms with Gasteiger partial charge in [-0.05, 0) is 43.3 Å². The van der Waals surface area contributed by atoms with Gasteiger partial charge in [-0.1, -0.05) is 12.1 Å². The molecule has 0 atom stereocenters. The number of rotatable bonds is 4. The van der Waals surface area contributed by atoms with E-state index in [1.165, 1.54) is 30.3 Å². The lowest BCUT2D eigenvalue weighted by Crippen LogP contribution is -2.10. The number of carbonyl (C=O) groups excluding carboxylic acids is 2. The van der Waals surface area contributed by atoms with Gasteiger partial charge in [-0.15, -0.1) is 0 Å². The number of hydrogen-bond donors (Lipinski definition) is 0. The predicted molar refractivity (Wildman–Crippen MR) is 73.8 cm³/mol. The van der Waals surface area contributed by atoms with Crippen LogP contribution in [0.25, 0.3) is 0 Å². The van der Waals surface area contributed by atoms with E-state index >= 15 is 0 Å². The molecule has 21 heavy (non-hydrogen) atoms. The van der Waals surface area contributed by atoms with Crippen molar-refractivity contribution >= 4 is 11.9 Å². The summed E-state index contributed by atoms with van der Waals surface area (Å²) in [6.07, 6.45) is 0. The van der Waals surface area contributed by atoms with Gasteiger partial charge in [0, 0.05) is 0 Å². The normalized spacial score (nSPS) is 10.0. The Balaban J connectivity index is 2.14. The largest absolute Gasteiger partial charge is 0.462 e. The van der Waals surface area contributed by atoms with Crippen molar-refractivity contribution in [1.29, 1.82) is 0 Å². The maximum Gasteiger partial charge on any atom is 0.343 e. The molecule has 0 aliphatic carbocycles. The van der Waals surface area contributed by atoms with Gasteiger partial charge in [-0.2, -0.15) is 0 Å². The van der Waals surface area contributed by atoms with Gasteiger partial charge in [0.25, 0.3) is 0 Å². The van der Waals surface area contributed by atoms with Crippen LogP contribution in [0.1, 0.15) is 27.6 Å². The zero-order valence-electron chi connectivity index (χ0n) is 11.3. The van der Waals surface area contributed by atoms with Crippen LogP contribution in [0.15, 0.2) is 48.5 Å². The van der Waals surface area contributed by atoms with E-state index in [0.717, 1.165) is 6.07 Å². The summed E-state index contributed by atoms with van der Waals surface area (Å²) in [6.45, 7) is 1.96. The predicted octanol–water partition coefficient (Wildman–Crippen LogP) is 3.22. The Bertz CT molecular complexity index is 667. The Kier molecular flexibility index (Phi) is 4.66. The average molecular weight is 288 g/mol. The highest BCUT2D eigenvalue weighted by Gasteiger charge is 2.12. The molecule has 5 heteroatoms. The first-order valence-corrected chi connectivity index (χ1v) is 6.35. The number of hydrogen-bond acceptors (Lipinski definition) is 4. The molecule has 2 rings (SSSR count). The molecule has 0 amide bonds. The number of carbonyl (C=O) groups is 2. The van der Waals surface area contributed by atoms with Crippen molar-refractivity contribution in [1.82, 2.24) is 0 Å². The summed E-state index contributed by atoms with van der Waals surface area (Å²) in [5, 5.41) is 0. The molecule has 2 aromatic rings. The van der Waals surface area contributed by atoms with Crippen LogP contribution in [0.3, 0.4) is 0 Å². The first-order valence-electron chi connectivity index (χ1n) is 6.35. The van der Waals surface area contributed by atoms with Gasteiger partial charge >= 0.3 is 11.9 Å². The van der Waals surface area contributed by atoms with E-state index in [1.807, 2.05) is 0 Å². The van der Waals surface area contributed by atoms with Gasteiger partial charge in [0.05, 0.1) is 17.7 Å². The second-order valence-electron chi connectivity index (χ2n) is 4.15. The van der Waals surface area contributed by atoms with Crippen molar-refractivity contribution in [3.8, 4) is 5.75 Å². The molecule has 108 valence electrons. The Labute approximate surface area is 121 Å². The van der Waals surface area contributed by atoms with Crippen molar-refractivity contribution in [2.75, 3.05) is 6.61 Å². The molecule has 0 radical (unpaired) electrons. The van der Waals surface area contributed by atoms with Crippen LogP contribution in [0.2, 0.25) is 0 Å². The monoisotopic (exact) mass is 288 g/mol. The summed E-state index contributed by atoms with van der Waals surface area (Å²) in [6, 6.07) is 11.2. The molecular weight excluding hydrogens is 275 g/mol. The third-order valence-electron chi connectivity index (χ3n) is 2.62. The Hall–Kier alpha value is -2.69. The number of halogens is 1. The van der Waals surface area contributed by atoms with Crippen molar-refractivity contribution in [3.63, 3.8) is 0 Å². The minimum Gasteiger partial charge on any atom is -0.462 e. The van der Waals surface area contributed by atoms with E-state index in [0.29, 0.717) is 0 Å². The van der Waals surface area contributed by atoms with Crippen LogP contribution in [0.5, 0.6) is 5.75 Å². The van der Waals surface area contributed by atoms with Crippen molar-refractivity contribution < 1.29 is 23.5 Å². The zero-order chi connectivity index (χ0) is 15.2. The van der Waals surface area contributed by atoms with Crippen LogP contribution < -0.4 is 4.74 Å². The van der Waals surface area contributed by atoms with Crippen LogP contribution in [-0.4, -0.2) is 18.5 Å². The van der Waals surface area contributed by atoms with Gasteiger partial charge < -0.3 is 9.47 Å². The molecule has 2 aromatic carbocycles. The van der Waals surface area contributed by atoms with Gasteiger partial charge in [-0.25, -0.2) is 14.0 Å². The molecule has 0 aliphatic heterocycles. The SMILES string of the molecule is CCOC(=O)c1cccc(OC(=O)c2cccc(F)c2)c1. The van der Waals surface area contributed by atoms with E-state index in [-0.39, 0.29) is 23.5 Å². The first-order chi connectivity index (χ1) is 10.1. The second kappa shape index (κ2) is 6.65. The highest BCUT2D eigenvalue weighted by molar-refractivity contribution is 5.92. The van der Waals surface area contributed by atoms with Gasteiger partial charge in [0.15, 0.2) is 0 Å². The van der Waals surface area contributed by atoms with Gasteiger partial charge in [0.2, 0.25) is 0 Å². The van der Waals surface area contributed by atoms with E-state index < -0.39 is 17.8 Å². The van der Waals surface area contributed by atoms with E-state index in [2.05, 4.69) is 0 Å². The Morgan fingerprint density at radius 2 is 1.67 bits per heavy atom. The molecule has 0 spiro atoms. The van der Waals surface area contributed by atoms with E-state index in [1.54, 1.807) is 19.1 Å². The molecule has 0 saturated carbocycles. The molecule has 0 N–H and O–H groups in total. The maximum atomic E-state index is 13.1. The fourth-order valence-corrected chi connectivity index (χ4v) is 1.68. The molecule has 0 aromatic heterocycles. The fraction of sp³-hybridized carbons (Fsp3) is 0.125. The van der Waals surface area contributed by atoms with E-state index in [4.69, 9.17) is 9.47 Å². The lowest BCUT2D eigenvalue weighted by atomic mass is 10.2. The lowest BCUT2D eigenvalue weighted by molar-refractivity contribution is 0.0524. The minimum absolute atomic E-state index is 0.0940. The molecule has 0 aliphatic rings. The summed E-state index contributed by atoms with van der Waals surface area (Å²) in [7, 11) is 0. The standard InChI is InChI=1S/C16H13FO4/c1-2-20-15(18)12-6-4-8-14(10-12)21-16(19)11-5-3-7-13(17)9-11/h3-10H,2H2,1H3. The van der Waals surface area contributed by atoms with Crippen LogP contribution in [0.4, 0.5) is 4.39 Å².